The molecule has 0 radical (unpaired) electrons. The van der Waals surface area contributed by atoms with E-state index in [9.17, 15) is 4.79 Å². The first kappa shape index (κ1) is 15.7. The lowest BCUT2D eigenvalue weighted by Crippen LogP contribution is -2.40. The minimum Gasteiger partial charge on any atom is -0.325 e. The molecule has 0 atom stereocenters. The number of carbonyl (C=O) groups is 1. The maximum absolute atomic E-state index is 12.2. The number of nitrogens with zero attached hydrogens (tertiary/aromatic N) is 1. The standard InChI is InChI=1S/C16H20ClN3O/c1-12-6-9-20(10-7-12)16(21)19-14-4-5-15(17)13(11-14)3-2-8-18/h4-5,11-12H,6-10,18H2,1H3,(H,19,21). The molecule has 112 valence electrons. The van der Waals surface area contributed by atoms with Crippen molar-refractivity contribution in [3.8, 4) is 11.8 Å². The number of halogens is 1. The van der Waals surface area contributed by atoms with Gasteiger partial charge < -0.3 is 16.0 Å². The Morgan fingerprint density at radius 1 is 1.48 bits per heavy atom. The summed E-state index contributed by atoms with van der Waals surface area (Å²) in [6.45, 7) is 4.11. The Kier molecular flexibility index (Phi) is 5.49. The van der Waals surface area contributed by atoms with Crippen LogP contribution in [0.5, 0.6) is 0 Å². The molecule has 21 heavy (non-hydrogen) atoms. The number of hydrogen-bond acceptors (Lipinski definition) is 2. The molecular weight excluding hydrogens is 286 g/mol. The van der Waals surface area contributed by atoms with Crippen molar-refractivity contribution < 1.29 is 4.79 Å². The number of benzene rings is 1. The van der Waals surface area contributed by atoms with Crippen LogP contribution in [0, 0.1) is 17.8 Å². The molecule has 1 saturated heterocycles. The third-order valence-corrected chi connectivity index (χ3v) is 3.94. The smallest absolute Gasteiger partial charge is 0.321 e. The van der Waals surface area contributed by atoms with E-state index in [0.29, 0.717) is 22.2 Å². The highest BCUT2D eigenvalue weighted by molar-refractivity contribution is 6.31. The quantitative estimate of drug-likeness (QED) is 0.784. The van der Waals surface area contributed by atoms with E-state index >= 15 is 0 Å². The Morgan fingerprint density at radius 3 is 2.86 bits per heavy atom. The van der Waals surface area contributed by atoms with Crippen molar-refractivity contribution in [3.63, 3.8) is 0 Å². The minimum absolute atomic E-state index is 0.0676. The molecule has 3 N–H and O–H groups in total. The number of rotatable bonds is 1. The summed E-state index contributed by atoms with van der Waals surface area (Å²) in [5, 5.41) is 3.46. The first-order chi connectivity index (χ1) is 10.1. The van der Waals surface area contributed by atoms with Crippen molar-refractivity contribution in [2.45, 2.75) is 19.8 Å². The van der Waals surface area contributed by atoms with Gasteiger partial charge in [-0.15, -0.1) is 0 Å². The Labute approximate surface area is 130 Å². The summed E-state index contributed by atoms with van der Waals surface area (Å²) in [7, 11) is 0. The molecule has 1 aliphatic heterocycles. The van der Waals surface area contributed by atoms with Gasteiger partial charge in [0.05, 0.1) is 11.6 Å². The zero-order valence-electron chi connectivity index (χ0n) is 12.2. The molecular formula is C16H20ClN3O. The van der Waals surface area contributed by atoms with E-state index in [-0.39, 0.29) is 12.6 Å². The van der Waals surface area contributed by atoms with Crippen molar-refractivity contribution >= 4 is 23.3 Å². The number of amides is 2. The molecule has 1 aliphatic rings. The van der Waals surface area contributed by atoms with Crippen LogP contribution in [0.4, 0.5) is 10.5 Å². The number of urea groups is 1. The second-order valence-corrected chi connectivity index (χ2v) is 5.71. The van der Waals surface area contributed by atoms with Gasteiger partial charge >= 0.3 is 6.03 Å². The zero-order chi connectivity index (χ0) is 15.2. The van der Waals surface area contributed by atoms with Crippen molar-refractivity contribution in [2.75, 3.05) is 25.0 Å². The molecule has 1 aromatic carbocycles. The lowest BCUT2D eigenvalue weighted by atomic mass is 10.00. The van der Waals surface area contributed by atoms with Gasteiger partial charge in [-0.25, -0.2) is 4.79 Å². The molecule has 1 heterocycles. The Morgan fingerprint density at radius 2 is 2.19 bits per heavy atom. The fourth-order valence-electron chi connectivity index (χ4n) is 2.26. The van der Waals surface area contributed by atoms with Crippen molar-refractivity contribution in [1.29, 1.82) is 0 Å². The van der Waals surface area contributed by atoms with Crippen molar-refractivity contribution in [3.05, 3.63) is 28.8 Å². The molecule has 0 saturated carbocycles. The average molecular weight is 306 g/mol. The van der Waals surface area contributed by atoms with E-state index in [1.807, 2.05) is 4.90 Å². The van der Waals surface area contributed by atoms with Gasteiger partial charge in [-0.05, 0) is 37.0 Å². The van der Waals surface area contributed by atoms with Gasteiger partial charge in [0, 0.05) is 24.3 Å². The van der Waals surface area contributed by atoms with E-state index in [1.165, 1.54) is 0 Å². The van der Waals surface area contributed by atoms with E-state index in [4.69, 9.17) is 17.3 Å². The zero-order valence-corrected chi connectivity index (χ0v) is 12.9. The summed E-state index contributed by atoms with van der Waals surface area (Å²) < 4.78 is 0. The summed E-state index contributed by atoms with van der Waals surface area (Å²) in [5.41, 5.74) is 6.73. The summed E-state index contributed by atoms with van der Waals surface area (Å²) in [5.74, 6) is 6.36. The topological polar surface area (TPSA) is 58.4 Å². The number of hydrogen-bond donors (Lipinski definition) is 2. The number of nitrogens with one attached hydrogen (secondary N) is 1. The van der Waals surface area contributed by atoms with Gasteiger partial charge in [0.1, 0.15) is 0 Å². The van der Waals surface area contributed by atoms with E-state index in [2.05, 4.69) is 24.1 Å². The average Bonchev–Trinajstić information content (AvgIpc) is 2.48. The third-order valence-electron chi connectivity index (χ3n) is 3.61. The Balaban J connectivity index is 2.04. The fraction of sp³-hybridized carbons (Fsp3) is 0.438. The molecule has 5 heteroatoms. The Hall–Kier alpha value is -1.70. The van der Waals surface area contributed by atoms with Crippen LogP contribution in [0.15, 0.2) is 18.2 Å². The monoisotopic (exact) mass is 305 g/mol. The first-order valence-electron chi connectivity index (χ1n) is 7.14. The van der Waals surface area contributed by atoms with Crippen LogP contribution in [-0.2, 0) is 0 Å². The van der Waals surface area contributed by atoms with Crippen LogP contribution in [-0.4, -0.2) is 30.6 Å². The molecule has 2 rings (SSSR count). The predicted octanol–water partition coefficient (Wildman–Crippen LogP) is 2.91. The number of carbonyl (C=O) groups excluding carboxylic acids is 1. The van der Waals surface area contributed by atoms with Crippen LogP contribution in [0.25, 0.3) is 0 Å². The van der Waals surface area contributed by atoms with Crippen LogP contribution < -0.4 is 11.1 Å². The molecule has 4 nitrogen and oxygen atoms in total. The van der Waals surface area contributed by atoms with Gasteiger partial charge in [-0.1, -0.05) is 30.4 Å². The maximum atomic E-state index is 12.2. The summed E-state index contributed by atoms with van der Waals surface area (Å²) in [6, 6.07) is 5.22. The van der Waals surface area contributed by atoms with Gasteiger partial charge in [0.25, 0.3) is 0 Å². The highest BCUT2D eigenvalue weighted by Crippen LogP contribution is 2.21. The second kappa shape index (κ2) is 7.35. The lowest BCUT2D eigenvalue weighted by Gasteiger charge is -2.30. The van der Waals surface area contributed by atoms with Crippen LogP contribution in [0.3, 0.4) is 0 Å². The first-order valence-corrected chi connectivity index (χ1v) is 7.52. The number of likely N-dealkylation sites (tertiary alicyclic amines) is 1. The number of piperidine rings is 1. The normalized spacial score (nSPS) is 15.3. The predicted molar refractivity (Wildman–Crippen MR) is 86.4 cm³/mol. The van der Waals surface area contributed by atoms with Gasteiger partial charge in [0.2, 0.25) is 0 Å². The third kappa shape index (κ3) is 4.38. The summed E-state index contributed by atoms with van der Waals surface area (Å²) >= 11 is 6.07. The highest BCUT2D eigenvalue weighted by atomic mass is 35.5. The largest absolute Gasteiger partial charge is 0.325 e. The van der Waals surface area contributed by atoms with Crippen molar-refractivity contribution in [1.82, 2.24) is 4.90 Å². The molecule has 0 aliphatic carbocycles. The molecule has 0 unspecified atom stereocenters. The number of anilines is 1. The van der Waals surface area contributed by atoms with E-state index in [0.717, 1.165) is 25.9 Å². The van der Waals surface area contributed by atoms with Gasteiger partial charge in [-0.3, -0.25) is 0 Å². The SMILES string of the molecule is CC1CCN(C(=O)Nc2ccc(Cl)c(C#CCN)c2)CC1. The minimum atomic E-state index is -0.0676. The van der Waals surface area contributed by atoms with Gasteiger partial charge in [-0.2, -0.15) is 0 Å². The molecule has 1 fully saturated rings. The highest BCUT2D eigenvalue weighted by Gasteiger charge is 2.20. The fourth-order valence-corrected chi connectivity index (χ4v) is 2.42. The second-order valence-electron chi connectivity index (χ2n) is 5.30. The van der Waals surface area contributed by atoms with Crippen LogP contribution in [0.2, 0.25) is 5.02 Å². The molecule has 0 spiro atoms. The van der Waals surface area contributed by atoms with E-state index in [1.54, 1.807) is 18.2 Å². The Bertz CT molecular complexity index is 569. The van der Waals surface area contributed by atoms with Crippen molar-refractivity contribution in [2.24, 2.45) is 11.7 Å². The number of nitrogens with two attached hydrogens (primary N) is 1. The molecule has 0 bridgehead atoms. The van der Waals surface area contributed by atoms with Crippen LogP contribution >= 0.6 is 11.6 Å². The summed E-state index contributed by atoms with van der Waals surface area (Å²) in [4.78, 5) is 14.1. The maximum Gasteiger partial charge on any atom is 0.321 e. The molecule has 0 aromatic heterocycles. The van der Waals surface area contributed by atoms with E-state index < -0.39 is 0 Å². The lowest BCUT2D eigenvalue weighted by molar-refractivity contribution is 0.186. The molecule has 1 aromatic rings. The molecule has 2 amide bonds. The van der Waals surface area contributed by atoms with Crippen LogP contribution in [0.1, 0.15) is 25.3 Å². The van der Waals surface area contributed by atoms with Gasteiger partial charge in [0.15, 0.2) is 0 Å². The summed E-state index contributed by atoms with van der Waals surface area (Å²) in [6.07, 6.45) is 2.11.